The number of aromatic nitrogens is 2. The Morgan fingerprint density at radius 1 is 1.15 bits per heavy atom. The Kier molecular flexibility index (Phi) is 3.55. The Morgan fingerprint density at radius 2 is 1.90 bits per heavy atom. The Balaban J connectivity index is 2.48. The van der Waals surface area contributed by atoms with E-state index >= 15 is 0 Å². The first kappa shape index (κ1) is 13.3. The predicted molar refractivity (Wildman–Crippen MR) is 86.7 cm³/mol. The number of fused-ring (bicyclic) bond motifs is 1. The summed E-state index contributed by atoms with van der Waals surface area (Å²) in [6.07, 6.45) is 0. The van der Waals surface area contributed by atoms with Gasteiger partial charge in [-0.3, -0.25) is 0 Å². The van der Waals surface area contributed by atoms with Crippen LogP contribution in [0.15, 0.2) is 48.5 Å². The van der Waals surface area contributed by atoms with Crippen LogP contribution in [0.4, 0.5) is 0 Å². The van der Waals surface area contributed by atoms with E-state index in [1.165, 1.54) is 0 Å². The van der Waals surface area contributed by atoms with E-state index in [0.29, 0.717) is 9.79 Å². The van der Waals surface area contributed by atoms with Crippen molar-refractivity contribution < 1.29 is 0 Å². The van der Waals surface area contributed by atoms with Crippen LogP contribution in [0.3, 0.4) is 0 Å². The number of hydrogen-bond acceptors (Lipinski definition) is 2. The molecule has 0 aliphatic heterocycles. The summed E-state index contributed by atoms with van der Waals surface area (Å²) >= 11 is 11.6. The highest BCUT2D eigenvalue weighted by Crippen LogP contribution is 2.29. The highest BCUT2D eigenvalue weighted by atomic mass is 35.5. The molecule has 1 aromatic heterocycles. The topological polar surface area (TPSA) is 17.8 Å². The number of nitrogens with zero attached hydrogens (tertiary/aromatic N) is 2. The van der Waals surface area contributed by atoms with Crippen molar-refractivity contribution in [2.24, 2.45) is 0 Å². The van der Waals surface area contributed by atoms with Crippen molar-refractivity contribution in [2.45, 2.75) is 13.5 Å². The maximum absolute atomic E-state index is 6.15. The summed E-state index contributed by atoms with van der Waals surface area (Å²) in [7, 11) is 0. The molecule has 2 aromatic carbocycles. The molecule has 0 N–H and O–H groups in total. The predicted octanol–water partition coefficient (Wildman–Crippen LogP) is 5.11. The van der Waals surface area contributed by atoms with E-state index in [4.69, 9.17) is 23.8 Å². The Bertz CT molecular complexity index is 825. The third-order valence-corrected chi connectivity index (χ3v) is 3.84. The van der Waals surface area contributed by atoms with Crippen molar-refractivity contribution in [3.05, 3.63) is 58.3 Å². The monoisotopic (exact) mass is 300 g/mol. The largest absolute Gasteiger partial charge is 0.316 e. The highest BCUT2D eigenvalue weighted by Gasteiger charge is 2.11. The summed E-state index contributed by atoms with van der Waals surface area (Å²) in [5.41, 5.74) is 3.07. The van der Waals surface area contributed by atoms with Crippen molar-refractivity contribution in [1.29, 1.82) is 0 Å². The third kappa shape index (κ3) is 2.23. The molecule has 0 amide bonds. The van der Waals surface area contributed by atoms with Gasteiger partial charge >= 0.3 is 0 Å². The molecular formula is C16H13ClN2S. The summed E-state index contributed by atoms with van der Waals surface area (Å²) < 4.78 is 2.64. The minimum Gasteiger partial charge on any atom is -0.316 e. The average molecular weight is 301 g/mol. The minimum atomic E-state index is 0.598. The molecule has 0 spiro atoms. The second-order valence-corrected chi connectivity index (χ2v) is 5.32. The maximum atomic E-state index is 6.15. The average Bonchev–Trinajstić information content (AvgIpc) is 2.47. The summed E-state index contributed by atoms with van der Waals surface area (Å²) in [6, 6.07) is 15.9. The van der Waals surface area contributed by atoms with Gasteiger partial charge in [-0.25, -0.2) is 4.98 Å². The van der Waals surface area contributed by atoms with Gasteiger partial charge in [0.1, 0.15) is 0 Å². The van der Waals surface area contributed by atoms with E-state index in [1.807, 2.05) is 41.0 Å². The molecule has 0 atom stereocenters. The first-order chi connectivity index (χ1) is 9.70. The Morgan fingerprint density at radius 3 is 2.60 bits per heavy atom. The molecule has 1 heterocycles. The molecular weight excluding hydrogens is 288 g/mol. The van der Waals surface area contributed by atoms with Crippen LogP contribution >= 0.6 is 23.8 Å². The zero-order valence-corrected chi connectivity index (χ0v) is 12.6. The van der Waals surface area contributed by atoms with E-state index < -0.39 is 0 Å². The van der Waals surface area contributed by atoms with Crippen molar-refractivity contribution in [2.75, 3.05) is 0 Å². The smallest absolute Gasteiger partial charge is 0.200 e. The van der Waals surface area contributed by atoms with Gasteiger partial charge in [0.15, 0.2) is 0 Å². The maximum Gasteiger partial charge on any atom is 0.200 e. The van der Waals surface area contributed by atoms with Crippen LogP contribution in [0.2, 0.25) is 5.02 Å². The summed E-state index contributed by atoms with van der Waals surface area (Å²) in [5, 5.41) is 1.73. The van der Waals surface area contributed by atoms with E-state index in [2.05, 4.69) is 24.0 Å². The number of halogens is 1. The lowest BCUT2D eigenvalue weighted by molar-refractivity contribution is 0.738. The zero-order chi connectivity index (χ0) is 14.1. The molecule has 0 radical (unpaired) electrons. The lowest BCUT2D eigenvalue weighted by Crippen LogP contribution is -2.05. The summed E-state index contributed by atoms with van der Waals surface area (Å²) in [6.45, 7) is 2.85. The molecule has 0 fully saturated rings. The lowest BCUT2D eigenvalue weighted by atomic mass is 10.1. The number of benzene rings is 2. The number of hydrogen-bond donors (Lipinski definition) is 0. The second kappa shape index (κ2) is 5.35. The molecule has 0 aliphatic rings. The first-order valence-electron chi connectivity index (χ1n) is 6.46. The lowest BCUT2D eigenvalue weighted by Gasteiger charge is -2.15. The van der Waals surface area contributed by atoms with Crippen molar-refractivity contribution in [3.8, 4) is 11.3 Å². The summed E-state index contributed by atoms with van der Waals surface area (Å²) in [4.78, 5) is 4.49. The zero-order valence-electron chi connectivity index (χ0n) is 11.0. The third-order valence-electron chi connectivity index (χ3n) is 3.29. The fourth-order valence-electron chi connectivity index (χ4n) is 2.40. The van der Waals surface area contributed by atoms with Gasteiger partial charge in [0.05, 0.1) is 11.2 Å². The molecule has 20 heavy (non-hydrogen) atoms. The Labute approximate surface area is 127 Å². The quantitative estimate of drug-likeness (QED) is 0.612. The SMILES string of the molecule is CCn1c(-c2ccccc2)c2cc(Cl)ccc2nc1=S. The van der Waals surface area contributed by atoms with Crippen LogP contribution in [0.1, 0.15) is 6.92 Å². The molecule has 0 saturated carbocycles. The van der Waals surface area contributed by atoms with Crippen LogP contribution in [0, 0.1) is 4.77 Å². The normalized spacial score (nSPS) is 10.9. The van der Waals surface area contributed by atoms with Crippen LogP contribution in [0.5, 0.6) is 0 Å². The van der Waals surface area contributed by atoms with Gasteiger partial charge in [0, 0.05) is 17.0 Å². The van der Waals surface area contributed by atoms with E-state index in [0.717, 1.165) is 28.7 Å². The van der Waals surface area contributed by atoms with Crippen molar-refractivity contribution in [1.82, 2.24) is 9.55 Å². The Hall–Kier alpha value is -1.71. The second-order valence-electron chi connectivity index (χ2n) is 4.51. The molecule has 0 aliphatic carbocycles. The standard InChI is InChI=1S/C16H13ClN2S/c1-2-19-15(11-6-4-3-5-7-11)13-10-12(17)8-9-14(13)18-16(19)20/h3-10H,2H2,1H3. The van der Waals surface area contributed by atoms with Crippen LogP contribution in [-0.4, -0.2) is 9.55 Å². The van der Waals surface area contributed by atoms with Gasteiger partial charge in [-0.15, -0.1) is 0 Å². The van der Waals surface area contributed by atoms with Gasteiger partial charge in [0.25, 0.3) is 0 Å². The molecule has 0 bridgehead atoms. The van der Waals surface area contributed by atoms with Gasteiger partial charge in [-0.2, -0.15) is 0 Å². The molecule has 100 valence electrons. The fourth-order valence-corrected chi connectivity index (χ4v) is 2.89. The van der Waals surface area contributed by atoms with E-state index in [9.17, 15) is 0 Å². The minimum absolute atomic E-state index is 0.598. The molecule has 0 unspecified atom stereocenters. The molecule has 0 saturated heterocycles. The van der Waals surface area contributed by atoms with Crippen molar-refractivity contribution in [3.63, 3.8) is 0 Å². The molecule has 4 heteroatoms. The van der Waals surface area contributed by atoms with Gasteiger partial charge in [-0.05, 0) is 42.9 Å². The molecule has 2 nitrogen and oxygen atoms in total. The highest BCUT2D eigenvalue weighted by molar-refractivity contribution is 7.71. The molecule has 3 aromatic rings. The van der Waals surface area contributed by atoms with Crippen LogP contribution in [0.25, 0.3) is 22.2 Å². The van der Waals surface area contributed by atoms with Crippen molar-refractivity contribution >= 4 is 34.7 Å². The van der Waals surface area contributed by atoms with Gasteiger partial charge in [0.2, 0.25) is 4.77 Å². The number of rotatable bonds is 2. The fraction of sp³-hybridized carbons (Fsp3) is 0.125. The summed E-state index contributed by atoms with van der Waals surface area (Å²) in [5.74, 6) is 0. The first-order valence-corrected chi connectivity index (χ1v) is 7.25. The van der Waals surface area contributed by atoms with E-state index in [-0.39, 0.29) is 0 Å². The van der Waals surface area contributed by atoms with Crippen LogP contribution < -0.4 is 0 Å². The van der Waals surface area contributed by atoms with Gasteiger partial charge in [-0.1, -0.05) is 41.9 Å². The van der Waals surface area contributed by atoms with E-state index in [1.54, 1.807) is 0 Å². The molecule has 3 rings (SSSR count). The van der Waals surface area contributed by atoms with Gasteiger partial charge < -0.3 is 4.57 Å². The van der Waals surface area contributed by atoms with Crippen LogP contribution in [-0.2, 0) is 6.54 Å².